The van der Waals surface area contributed by atoms with Gasteiger partial charge in [0.05, 0.1) is 18.1 Å². The van der Waals surface area contributed by atoms with E-state index in [0.717, 1.165) is 24.3 Å². The molecular formula is C15H23NO3S. The monoisotopic (exact) mass is 297 g/mol. The van der Waals surface area contributed by atoms with Crippen LogP contribution in [0.2, 0.25) is 0 Å². The van der Waals surface area contributed by atoms with Crippen LogP contribution in [0.5, 0.6) is 5.75 Å². The molecule has 1 heterocycles. The Labute approximate surface area is 121 Å². The molecule has 0 aromatic heterocycles. The van der Waals surface area contributed by atoms with Crippen molar-refractivity contribution >= 4 is 9.84 Å². The van der Waals surface area contributed by atoms with Crippen LogP contribution in [0.1, 0.15) is 31.9 Å². The average molecular weight is 297 g/mol. The fraction of sp³-hybridized carbons (Fsp3) is 0.600. The molecule has 2 rings (SSSR count). The minimum Gasteiger partial charge on any atom is -0.494 e. The largest absolute Gasteiger partial charge is 0.494 e. The Morgan fingerprint density at radius 1 is 1.25 bits per heavy atom. The van der Waals surface area contributed by atoms with Crippen LogP contribution < -0.4 is 10.1 Å². The highest BCUT2D eigenvalue weighted by molar-refractivity contribution is 7.91. The maximum Gasteiger partial charge on any atom is 0.152 e. The second-order valence-electron chi connectivity index (χ2n) is 5.56. The first kappa shape index (κ1) is 15.3. The highest BCUT2D eigenvalue weighted by atomic mass is 32.2. The molecule has 0 spiro atoms. The van der Waals surface area contributed by atoms with Gasteiger partial charge in [-0.3, -0.25) is 0 Å². The summed E-state index contributed by atoms with van der Waals surface area (Å²) in [6.07, 6.45) is 0.974. The van der Waals surface area contributed by atoms with E-state index >= 15 is 0 Å². The first-order chi connectivity index (χ1) is 9.50. The van der Waals surface area contributed by atoms with Crippen LogP contribution in [0.25, 0.3) is 0 Å². The summed E-state index contributed by atoms with van der Waals surface area (Å²) in [5, 5.41) is 3.35. The van der Waals surface area contributed by atoms with Crippen LogP contribution in [0, 0.1) is 5.92 Å². The van der Waals surface area contributed by atoms with E-state index in [9.17, 15) is 8.42 Å². The third-order valence-corrected chi connectivity index (χ3v) is 5.35. The van der Waals surface area contributed by atoms with E-state index in [1.54, 1.807) is 0 Å². The summed E-state index contributed by atoms with van der Waals surface area (Å²) in [5.41, 5.74) is 1.01. The lowest BCUT2D eigenvalue weighted by Gasteiger charge is -2.16. The van der Waals surface area contributed by atoms with Crippen molar-refractivity contribution in [2.75, 3.05) is 24.7 Å². The molecule has 0 aliphatic carbocycles. The van der Waals surface area contributed by atoms with Gasteiger partial charge in [0, 0.05) is 6.04 Å². The van der Waals surface area contributed by atoms with Gasteiger partial charge in [0.15, 0.2) is 9.84 Å². The maximum absolute atomic E-state index is 12.0. The molecule has 0 bridgehead atoms. The highest BCUT2D eigenvalue weighted by Crippen LogP contribution is 2.22. The van der Waals surface area contributed by atoms with Crippen LogP contribution in [-0.4, -0.2) is 33.1 Å². The van der Waals surface area contributed by atoms with E-state index in [0.29, 0.717) is 6.61 Å². The zero-order valence-electron chi connectivity index (χ0n) is 12.1. The zero-order chi connectivity index (χ0) is 14.6. The minimum atomic E-state index is -2.98. The SMILES string of the molecule is CCCOc1ccc(C2CS(=O)(=O)CC(C)CN2)cc1. The first-order valence-electron chi connectivity index (χ1n) is 7.16. The Morgan fingerprint density at radius 3 is 2.60 bits per heavy atom. The molecule has 20 heavy (non-hydrogen) atoms. The molecule has 5 heteroatoms. The first-order valence-corrected chi connectivity index (χ1v) is 8.99. The molecule has 2 unspecified atom stereocenters. The van der Waals surface area contributed by atoms with E-state index in [-0.39, 0.29) is 23.5 Å². The van der Waals surface area contributed by atoms with Gasteiger partial charge >= 0.3 is 0 Å². The van der Waals surface area contributed by atoms with Gasteiger partial charge in [0.1, 0.15) is 5.75 Å². The lowest BCUT2D eigenvalue weighted by atomic mass is 10.1. The fourth-order valence-electron chi connectivity index (χ4n) is 2.45. The van der Waals surface area contributed by atoms with Crippen molar-refractivity contribution in [3.63, 3.8) is 0 Å². The lowest BCUT2D eigenvalue weighted by molar-refractivity contribution is 0.317. The summed E-state index contributed by atoms with van der Waals surface area (Å²) < 4.78 is 29.6. The van der Waals surface area contributed by atoms with Crippen molar-refractivity contribution in [3.05, 3.63) is 29.8 Å². The third-order valence-electron chi connectivity index (χ3n) is 3.43. The van der Waals surface area contributed by atoms with Crippen LogP contribution in [0.15, 0.2) is 24.3 Å². The quantitative estimate of drug-likeness (QED) is 0.925. The maximum atomic E-state index is 12.0. The van der Waals surface area contributed by atoms with Gasteiger partial charge in [0.25, 0.3) is 0 Å². The average Bonchev–Trinajstić information content (AvgIpc) is 2.54. The van der Waals surface area contributed by atoms with Crippen LogP contribution in [0.3, 0.4) is 0 Å². The topological polar surface area (TPSA) is 55.4 Å². The predicted octanol–water partition coefficient (Wildman–Crippen LogP) is 2.17. The second kappa shape index (κ2) is 6.59. The predicted molar refractivity (Wildman–Crippen MR) is 80.8 cm³/mol. The van der Waals surface area contributed by atoms with E-state index in [1.807, 2.05) is 31.2 Å². The molecule has 112 valence electrons. The third kappa shape index (κ3) is 4.21. The summed E-state index contributed by atoms with van der Waals surface area (Å²) in [6, 6.07) is 7.61. The van der Waals surface area contributed by atoms with Gasteiger partial charge in [-0.15, -0.1) is 0 Å². The number of benzene rings is 1. The van der Waals surface area contributed by atoms with E-state index in [1.165, 1.54) is 0 Å². The van der Waals surface area contributed by atoms with Gasteiger partial charge in [-0.05, 0) is 36.6 Å². The summed E-state index contributed by atoms with van der Waals surface area (Å²) in [6.45, 7) is 5.47. The Morgan fingerprint density at radius 2 is 1.95 bits per heavy atom. The molecule has 0 amide bonds. The molecule has 0 saturated carbocycles. The van der Waals surface area contributed by atoms with Crippen molar-refractivity contribution in [3.8, 4) is 5.75 Å². The van der Waals surface area contributed by atoms with Gasteiger partial charge in [-0.25, -0.2) is 8.42 Å². The van der Waals surface area contributed by atoms with Gasteiger partial charge in [-0.2, -0.15) is 0 Å². The number of ether oxygens (including phenoxy) is 1. The number of rotatable bonds is 4. The molecular weight excluding hydrogens is 274 g/mol. The molecule has 1 fully saturated rings. The standard InChI is InChI=1S/C15H23NO3S/c1-3-8-19-14-6-4-13(5-7-14)15-11-20(17,18)10-12(2)9-16-15/h4-7,12,15-16H,3,8-11H2,1-2H3. The molecule has 1 N–H and O–H groups in total. The fourth-order valence-corrected chi connectivity index (χ4v) is 4.39. The molecule has 2 atom stereocenters. The van der Waals surface area contributed by atoms with E-state index in [2.05, 4.69) is 12.2 Å². The summed E-state index contributed by atoms with van der Waals surface area (Å²) in [5.74, 6) is 1.44. The Hall–Kier alpha value is -1.07. The molecule has 1 aromatic carbocycles. The molecule has 1 aliphatic heterocycles. The van der Waals surface area contributed by atoms with Crippen LogP contribution in [0.4, 0.5) is 0 Å². The lowest BCUT2D eigenvalue weighted by Crippen LogP contribution is -2.26. The van der Waals surface area contributed by atoms with Gasteiger partial charge in [-0.1, -0.05) is 26.0 Å². The molecule has 0 radical (unpaired) electrons. The van der Waals surface area contributed by atoms with Crippen LogP contribution in [-0.2, 0) is 9.84 Å². The summed E-state index contributed by atoms with van der Waals surface area (Å²) in [7, 11) is -2.98. The van der Waals surface area contributed by atoms with E-state index < -0.39 is 9.84 Å². The Bertz CT molecular complexity index is 525. The van der Waals surface area contributed by atoms with E-state index in [4.69, 9.17) is 4.74 Å². The van der Waals surface area contributed by atoms with Gasteiger partial charge < -0.3 is 10.1 Å². The number of nitrogens with one attached hydrogen (secondary N) is 1. The second-order valence-corrected chi connectivity index (χ2v) is 7.71. The Balaban J connectivity index is 2.10. The van der Waals surface area contributed by atoms with Crippen LogP contribution >= 0.6 is 0 Å². The summed E-state index contributed by atoms with van der Waals surface area (Å²) in [4.78, 5) is 0. The number of hydrogen-bond acceptors (Lipinski definition) is 4. The number of hydrogen-bond donors (Lipinski definition) is 1. The summed E-state index contributed by atoms with van der Waals surface area (Å²) >= 11 is 0. The van der Waals surface area contributed by atoms with Crippen molar-refractivity contribution in [1.82, 2.24) is 5.32 Å². The van der Waals surface area contributed by atoms with Gasteiger partial charge in [0.2, 0.25) is 0 Å². The minimum absolute atomic E-state index is 0.120. The van der Waals surface area contributed by atoms with Crippen molar-refractivity contribution in [2.24, 2.45) is 5.92 Å². The molecule has 1 aliphatic rings. The molecule has 1 saturated heterocycles. The molecule has 1 aromatic rings. The highest BCUT2D eigenvalue weighted by Gasteiger charge is 2.26. The zero-order valence-corrected chi connectivity index (χ0v) is 12.9. The smallest absolute Gasteiger partial charge is 0.152 e. The van der Waals surface area contributed by atoms with Crippen molar-refractivity contribution < 1.29 is 13.2 Å². The number of sulfone groups is 1. The normalized spacial score (nSPS) is 25.9. The molecule has 4 nitrogen and oxygen atoms in total. The van der Waals surface area contributed by atoms with Crippen molar-refractivity contribution in [2.45, 2.75) is 26.3 Å². The Kier molecular flexibility index (Phi) is 5.05. The van der Waals surface area contributed by atoms with Crippen molar-refractivity contribution in [1.29, 1.82) is 0 Å².